The van der Waals surface area contributed by atoms with Gasteiger partial charge in [-0.1, -0.05) is 12.1 Å². The highest BCUT2D eigenvalue weighted by atomic mass is 19.1. The summed E-state index contributed by atoms with van der Waals surface area (Å²) in [7, 11) is 1.92. The van der Waals surface area contributed by atoms with Gasteiger partial charge < -0.3 is 5.32 Å². The summed E-state index contributed by atoms with van der Waals surface area (Å²) in [5.41, 5.74) is 3.15. The Hall–Kier alpha value is -1.68. The van der Waals surface area contributed by atoms with E-state index in [1.165, 1.54) is 11.6 Å². The molecule has 0 aliphatic carbocycles. The van der Waals surface area contributed by atoms with Crippen molar-refractivity contribution in [2.45, 2.75) is 32.9 Å². The fraction of sp³-hybridized carbons (Fsp3) is 0.400. The zero-order chi connectivity index (χ0) is 14.0. The van der Waals surface area contributed by atoms with Crippen LogP contribution in [0, 0.1) is 12.7 Å². The fourth-order valence-corrected chi connectivity index (χ4v) is 2.38. The third kappa shape index (κ3) is 3.20. The molecule has 1 unspecified atom stereocenters. The summed E-state index contributed by atoms with van der Waals surface area (Å²) < 4.78 is 15.0. The molecule has 1 aromatic heterocycles. The molecule has 0 fully saturated rings. The van der Waals surface area contributed by atoms with Crippen molar-refractivity contribution in [2.24, 2.45) is 7.05 Å². The Kier molecular flexibility index (Phi) is 4.00. The molecular weight excluding hydrogens is 241 g/mol. The Bertz CT molecular complexity index is 562. The van der Waals surface area contributed by atoms with Gasteiger partial charge >= 0.3 is 0 Å². The SMILES string of the molecule is Cc1nn(C)cc1C(C)N[C@@H](C)c1cccc(F)c1. The van der Waals surface area contributed by atoms with Crippen LogP contribution in [-0.4, -0.2) is 9.78 Å². The maximum Gasteiger partial charge on any atom is 0.123 e. The van der Waals surface area contributed by atoms with Gasteiger partial charge in [-0.05, 0) is 38.5 Å². The predicted octanol–water partition coefficient (Wildman–Crippen LogP) is 3.28. The lowest BCUT2D eigenvalue weighted by Crippen LogP contribution is -2.22. The van der Waals surface area contributed by atoms with Gasteiger partial charge in [-0.3, -0.25) is 4.68 Å². The molecule has 0 amide bonds. The van der Waals surface area contributed by atoms with Crippen molar-refractivity contribution in [2.75, 3.05) is 0 Å². The van der Waals surface area contributed by atoms with Crippen LogP contribution in [0.15, 0.2) is 30.5 Å². The number of hydrogen-bond donors (Lipinski definition) is 1. The van der Waals surface area contributed by atoms with E-state index in [1.807, 2.05) is 37.8 Å². The molecule has 1 heterocycles. The van der Waals surface area contributed by atoms with Crippen molar-refractivity contribution in [1.82, 2.24) is 15.1 Å². The number of rotatable bonds is 4. The topological polar surface area (TPSA) is 29.9 Å². The van der Waals surface area contributed by atoms with E-state index in [0.717, 1.165) is 11.3 Å². The lowest BCUT2D eigenvalue weighted by atomic mass is 10.0. The van der Waals surface area contributed by atoms with Crippen LogP contribution in [0.3, 0.4) is 0 Å². The number of nitrogens with one attached hydrogen (secondary N) is 1. The Morgan fingerprint density at radius 2 is 2.00 bits per heavy atom. The van der Waals surface area contributed by atoms with Gasteiger partial charge in [0, 0.05) is 30.9 Å². The van der Waals surface area contributed by atoms with Gasteiger partial charge in [0.05, 0.1) is 5.69 Å². The van der Waals surface area contributed by atoms with E-state index >= 15 is 0 Å². The van der Waals surface area contributed by atoms with Crippen LogP contribution in [-0.2, 0) is 7.05 Å². The van der Waals surface area contributed by atoms with Gasteiger partial charge in [0.15, 0.2) is 0 Å². The van der Waals surface area contributed by atoms with Gasteiger partial charge in [0.25, 0.3) is 0 Å². The van der Waals surface area contributed by atoms with Gasteiger partial charge in [-0.25, -0.2) is 4.39 Å². The lowest BCUT2D eigenvalue weighted by Gasteiger charge is -2.20. The molecule has 2 atom stereocenters. The van der Waals surface area contributed by atoms with E-state index in [0.29, 0.717) is 0 Å². The van der Waals surface area contributed by atoms with E-state index in [1.54, 1.807) is 12.1 Å². The van der Waals surface area contributed by atoms with Crippen molar-refractivity contribution < 1.29 is 4.39 Å². The van der Waals surface area contributed by atoms with Crippen molar-refractivity contribution in [3.8, 4) is 0 Å². The van der Waals surface area contributed by atoms with Crippen molar-refractivity contribution in [3.63, 3.8) is 0 Å². The van der Waals surface area contributed by atoms with Crippen LogP contribution in [0.5, 0.6) is 0 Å². The maximum atomic E-state index is 13.2. The van der Waals surface area contributed by atoms with Crippen LogP contribution < -0.4 is 5.32 Å². The molecule has 0 aliphatic heterocycles. The summed E-state index contributed by atoms with van der Waals surface area (Å²) >= 11 is 0. The molecular formula is C15H20FN3. The highest BCUT2D eigenvalue weighted by molar-refractivity contribution is 5.22. The van der Waals surface area contributed by atoms with Crippen LogP contribution >= 0.6 is 0 Å². The van der Waals surface area contributed by atoms with E-state index in [4.69, 9.17) is 0 Å². The summed E-state index contributed by atoms with van der Waals surface area (Å²) in [5.74, 6) is -0.198. The Morgan fingerprint density at radius 1 is 1.26 bits per heavy atom. The van der Waals surface area contributed by atoms with Gasteiger partial charge in [-0.2, -0.15) is 5.10 Å². The lowest BCUT2D eigenvalue weighted by molar-refractivity contribution is 0.490. The second kappa shape index (κ2) is 5.53. The number of aromatic nitrogens is 2. The quantitative estimate of drug-likeness (QED) is 0.915. The molecule has 1 N–H and O–H groups in total. The highest BCUT2D eigenvalue weighted by Crippen LogP contribution is 2.21. The van der Waals surface area contributed by atoms with E-state index in [9.17, 15) is 4.39 Å². The molecule has 4 heteroatoms. The predicted molar refractivity (Wildman–Crippen MR) is 74.3 cm³/mol. The molecule has 0 saturated carbocycles. The number of nitrogens with zero attached hydrogens (tertiary/aromatic N) is 2. The number of halogens is 1. The van der Waals surface area contributed by atoms with Gasteiger partial charge in [0.2, 0.25) is 0 Å². The van der Waals surface area contributed by atoms with Crippen molar-refractivity contribution >= 4 is 0 Å². The molecule has 3 nitrogen and oxygen atoms in total. The molecule has 0 spiro atoms. The average molecular weight is 261 g/mol. The molecule has 0 bridgehead atoms. The largest absolute Gasteiger partial charge is 0.304 e. The number of aryl methyl sites for hydroxylation is 2. The number of hydrogen-bond acceptors (Lipinski definition) is 2. The first-order chi connectivity index (χ1) is 8.97. The zero-order valence-electron chi connectivity index (χ0n) is 11.8. The first-order valence-corrected chi connectivity index (χ1v) is 6.49. The van der Waals surface area contributed by atoms with E-state index in [2.05, 4.69) is 17.3 Å². The summed E-state index contributed by atoms with van der Waals surface area (Å²) in [6.45, 7) is 6.14. The highest BCUT2D eigenvalue weighted by Gasteiger charge is 2.15. The van der Waals surface area contributed by atoms with Crippen LogP contribution in [0.1, 0.15) is 42.8 Å². The minimum atomic E-state index is -0.198. The summed E-state index contributed by atoms with van der Waals surface area (Å²) in [6.07, 6.45) is 2.02. The van der Waals surface area contributed by atoms with E-state index < -0.39 is 0 Å². The Labute approximate surface area is 113 Å². The smallest absolute Gasteiger partial charge is 0.123 e. The maximum absolute atomic E-state index is 13.2. The normalized spacial score (nSPS) is 14.4. The van der Waals surface area contributed by atoms with Crippen molar-refractivity contribution in [1.29, 1.82) is 0 Å². The third-order valence-corrected chi connectivity index (χ3v) is 3.37. The molecule has 0 radical (unpaired) electrons. The molecule has 2 aromatic rings. The molecule has 0 aliphatic rings. The fourth-order valence-electron chi connectivity index (χ4n) is 2.38. The van der Waals surface area contributed by atoms with Crippen LogP contribution in [0.25, 0.3) is 0 Å². The third-order valence-electron chi connectivity index (χ3n) is 3.37. The average Bonchev–Trinajstić information content (AvgIpc) is 2.68. The van der Waals surface area contributed by atoms with Gasteiger partial charge in [0.1, 0.15) is 5.82 Å². The molecule has 0 saturated heterocycles. The Morgan fingerprint density at radius 3 is 2.58 bits per heavy atom. The summed E-state index contributed by atoms with van der Waals surface area (Å²) in [5, 5.41) is 7.82. The minimum Gasteiger partial charge on any atom is -0.304 e. The van der Waals surface area contributed by atoms with Gasteiger partial charge in [-0.15, -0.1) is 0 Å². The van der Waals surface area contributed by atoms with Crippen molar-refractivity contribution in [3.05, 3.63) is 53.1 Å². The first kappa shape index (κ1) is 13.7. The van der Waals surface area contributed by atoms with E-state index in [-0.39, 0.29) is 17.9 Å². The Balaban J connectivity index is 2.10. The second-order valence-corrected chi connectivity index (χ2v) is 5.01. The molecule has 102 valence electrons. The van der Waals surface area contributed by atoms with Crippen LogP contribution in [0.4, 0.5) is 4.39 Å². The van der Waals surface area contributed by atoms with Crippen LogP contribution in [0.2, 0.25) is 0 Å². The molecule has 2 rings (SSSR count). The monoisotopic (exact) mass is 261 g/mol. The molecule has 19 heavy (non-hydrogen) atoms. The minimum absolute atomic E-state index is 0.0882. The number of benzene rings is 1. The second-order valence-electron chi connectivity index (χ2n) is 5.01. The standard InChI is InChI=1S/C15H20FN3/c1-10(13-6-5-7-14(16)8-13)17-11(2)15-9-19(4)18-12(15)3/h5-11,17H,1-4H3/t10-,11?/m0/s1. The molecule has 1 aromatic carbocycles. The first-order valence-electron chi connectivity index (χ1n) is 6.49. The summed E-state index contributed by atoms with van der Waals surface area (Å²) in [4.78, 5) is 0. The summed E-state index contributed by atoms with van der Waals surface area (Å²) in [6, 6.07) is 6.97. The zero-order valence-corrected chi connectivity index (χ0v) is 11.8.